The van der Waals surface area contributed by atoms with Crippen molar-refractivity contribution in [2.75, 3.05) is 26.2 Å². The Morgan fingerprint density at radius 3 is 2.06 bits per heavy atom. The van der Waals surface area contributed by atoms with E-state index in [-0.39, 0.29) is 0 Å². The lowest BCUT2D eigenvalue weighted by atomic mass is 10.0. The first-order valence-corrected chi connectivity index (χ1v) is 8.15. The van der Waals surface area contributed by atoms with Gasteiger partial charge in [-0.25, -0.2) is 0 Å². The van der Waals surface area contributed by atoms with Crippen molar-refractivity contribution >= 4 is 0 Å². The lowest BCUT2D eigenvalue weighted by Gasteiger charge is -2.33. The molecule has 0 aliphatic heterocycles. The van der Waals surface area contributed by atoms with E-state index in [0.717, 1.165) is 23.8 Å². The minimum atomic E-state index is 0.746. The van der Waals surface area contributed by atoms with Gasteiger partial charge < -0.3 is 5.32 Å². The molecule has 2 rings (SSSR count). The molecular formula is C16H32N2. The fourth-order valence-electron chi connectivity index (χ4n) is 2.71. The summed E-state index contributed by atoms with van der Waals surface area (Å²) in [7, 11) is 0. The predicted octanol–water partition coefficient (Wildman–Crippen LogP) is 3.13. The lowest BCUT2D eigenvalue weighted by molar-refractivity contribution is 0.146. The van der Waals surface area contributed by atoms with Gasteiger partial charge in [0.2, 0.25) is 0 Å². The molecule has 2 heteroatoms. The number of nitrogens with one attached hydrogen (secondary N) is 1. The van der Waals surface area contributed by atoms with Crippen LogP contribution >= 0.6 is 0 Å². The van der Waals surface area contributed by atoms with Gasteiger partial charge in [-0.15, -0.1) is 0 Å². The molecule has 106 valence electrons. The van der Waals surface area contributed by atoms with Crippen molar-refractivity contribution in [1.82, 2.24) is 10.2 Å². The van der Waals surface area contributed by atoms with E-state index in [0.29, 0.717) is 0 Å². The molecule has 2 atom stereocenters. The molecule has 18 heavy (non-hydrogen) atoms. The minimum absolute atomic E-state index is 0.746. The molecule has 2 saturated carbocycles. The predicted molar refractivity (Wildman–Crippen MR) is 78.8 cm³/mol. The maximum Gasteiger partial charge on any atom is 0.0105 e. The molecule has 0 amide bonds. The van der Waals surface area contributed by atoms with Gasteiger partial charge in [0, 0.05) is 19.1 Å². The Kier molecular flexibility index (Phi) is 5.50. The Morgan fingerprint density at radius 2 is 1.61 bits per heavy atom. The van der Waals surface area contributed by atoms with Gasteiger partial charge in [-0.3, -0.25) is 4.90 Å². The second-order valence-corrected chi connectivity index (χ2v) is 6.76. The maximum absolute atomic E-state index is 3.58. The van der Waals surface area contributed by atoms with Crippen LogP contribution < -0.4 is 5.32 Å². The first-order valence-electron chi connectivity index (χ1n) is 8.15. The third kappa shape index (κ3) is 4.89. The van der Waals surface area contributed by atoms with Gasteiger partial charge in [0.15, 0.2) is 0 Å². The van der Waals surface area contributed by atoms with Gasteiger partial charge in [0.1, 0.15) is 0 Å². The molecule has 0 aromatic carbocycles. The maximum atomic E-state index is 3.58. The van der Waals surface area contributed by atoms with Gasteiger partial charge in [-0.2, -0.15) is 0 Å². The zero-order valence-electron chi connectivity index (χ0n) is 12.6. The van der Waals surface area contributed by atoms with Crippen LogP contribution in [0.25, 0.3) is 0 Å². The molecule has 2 fully saturated rings. The van der Waals surface area contributed by atoms with E-state index in [1.165, 1.54) is 58.3 Å². The summed E-state index contributed by atoms with van der Waals surface area (Å²) in [6.07, 6.45) is 7.17. The van der Waals surface area contributed by atoms with Gasteiger partial charge in [0.05, 0.1) is 0 Å². The van der Waals surface area contributed by atoms with Crippen LogP contribution in [0.2, 0.25) is 0 Å². The van der Waals surface area contributed by atoms with Gasteiger partial charge in [-0.1, -0.05) is 13.8 Å². The summed E-state index contributed by atoms with van der Waals surface area (Å²) in [6.45, 7) is 12.2. The van der Waals surface area contributed by atoms with Crippen molar-refractivity contribution in [2.45, 2.75) is 58.9 Å². The van der Waals surface area contributed by atoms with Gasteiger partial charge in [-0.05, 0) is 69.9 Å². The van der Waals surface area contributed by atoms with Crippen molar-refractivity contribution in [3.8, 4) is 0 Å². The monoisotopic (exact) mass is 252 g/mol. The van der Waals surface area contributed by atoms with Crippen molar-refractivity contribution in [3.63, 3.8) is 0 Å². The molecule has 0 saturated heterocycles. The van der Waals surface area contributed by atoms with Crippen LogP contribution in [0.5, 0.6) is 0 Å². The molecule has 0 aromatic rings. The van der Waals surface area contributed by atoms with E-state index in [9.17, 15) is 0 Å². The Morgan fingerprint density at radius 1 is 1.06 bits per heavy atom. The van der Waals surface area contributed by atoms with Crippen molar-refractivity contribution in [2.24, 2.45) is 17.8 Å². The Bertz CT molecular complexity index is 219. The van der Waals surface area contributed by atoms with E-state index >= 15 is 0 Å². The van der Waals surface area contributed by atoms with Crippen molar-refractivity contribution in [1.29, 1.82) is 0 Å². The average molecular weight is 252 g/mol. The topological polar surface area (TPSA) is 15.3 Å². The summed E-state index contributed by atoms with van der Waals surface area (Å²) in [5.74, 6) is 2.83. The highest BCUT2D eigenvalue weighted by atomic mass is 15.2. The molecule has 0 radical (unpaired) electrons. The highest BCUT2D eigenvalue weighted by Gasteiger charge is 2.32. The van der Waals surface area contributed by atoms with E-state index < -0.39 is 0 Å². The molecule has 0 heterocycles. The average Bonchev–Trinajstić information content (AvgIpc) is 3.22. The molecule has 2 aliphatic rings. The highest BCUT2D eigenvalue weighted by molar-refractivity contribution is 4.86. The normalized spacial score (nSPS) is 23.3. The zero-order valence-corrected chi connectivity index (χ0v) is 12.6. The quantitative estimate of drug-likeness (QED) is 0.601. The third-order valence-corrected chi connectivity index (χ3v) is 4.67. The fourth-order valence-corrected chi connectivity index (χ4v) is 2.71. The van der Waals surface area contributed by atoms with Crippen molar-refractivity contribution < 1.29 is 0 Å². The summed E-state index contributed by atoms with van der Waals surface area (Å²) in [5, 5.41) is 3.58. The first-order chi connectivity index (χ1) is 8.70. The molecule has 2 unspecified atom stereocenters. The van der Waals surface area contributed by atoms with Gasteiger partial charge >= 0.3 is 0 Å². The standard InChI is InChI=1S/C16H32N2/c1-4-9-17-10-13(2)14(3)18(11-15-5-6-15)12-16-7-8-16/h13-17H,4-12H2,1-3H3. The second kappa shape index (κ2) is 6.91. The summed E-state index contributed by atoms with van der Waals surface area (Å²) >= 11 is 0. The second-order valence-electron chi connectivity index (χ2n) is 6.76. The number of nitrogens with zero attached hydrogens (tertiary/aromatic N) is 1. The molecule has 2 nitrogen and oxygen atoms in total. The Hall–Kier alpha value is -0.0800. The van der Waals surface area contributed by atoms with Crippen LogP contribution in [0.4, 0.5) is 0 Å². The van der Waals surface area contributed by atoms with Gasteiger partial charge in [0.25, 0.3) is 0 Å². The Balaban J connectivity index is 1.74. The summed E-state index contributed by atoms with van der Waals surface area (Å²) in [6, 6.07) is 0.746. The number of hydrogen-bond donors (Lipinski definition) is 1. The van der Waals surface area contributed by atoms with Crippen LogP contribution in [-0.4, -0.2) is 37.1 Å². The summed E-state index contributed by atoms with van der Waals surface area (Å²) in [4.78, 5) is 2.80. The first kappa shape index (κ1) is 14.3. The van der Waals surface area contributed by atoms with Crippen LogP contribution in [-0.2, 0) is 0 Å². The van der Waals surface area contributed by atoms with Crippen LogP contribution in [0, 0.1) is 17.8 Å². The molecule has 0 aromatic heterocycles. The highest BCUT2D eigenvalue weighted by Crippen LogP contribution is 2.35. The molecular weight excluding hydrogens is 220 g/mol. The lowest BCUT2D eigenvalue weighted by Crippen LogP contribution is -2.43. The summed E-state index contributed by atoms with van der Waals surface area (Å²) in [5.41, 5.74) is 0. The van der Waals surface area contributed by atoms with E-state index in [4.69, 9.17) is 0 Å². The van der Waals surface area contributed by atoms with Crippen LogP contribution in [0.1, 0.15) is 52.9 Å². The molecule has 2 aliphatic carbocycles. The SMILES string of the molecule is CCCNCC(C)C(C)N(CC1CC1)CC1CC1. The van der Waals surface area contributed by atoms with E-state index in [1.807, 2.05) is 0 Å². The van der Waals surface area contributed by atoms with E-state index in [1.54, 1.807) is 0 Å². The number of rotatable bonds is 10. The largest absolute Gasteiger partial charge is 0.316 e. The number of hydrogen-bond acceptors (Lipinski definition) is 2. The third-order valence-electron chi connectivity index (χ3n) is 4.67. The summed E-state index contributed by atoms with van der Waals surface area (Å²) < 4.78 is 0. The van der Waals surface area contributed by atoms with Crippen LogP contribution in [0.3, 0.4) is 0 Å². The zero-order chi connectivity index (χ0) is 13.0. The smallest absolute Gasteiger partial charge is 0.0105 e. The molecule has 1 N–H and O–H groups in total. The van der Waals surface area contributed by atoms with E-state index in [2.05, 4.69) is 31.0 Å². The van der Waals surface area contributed by atoms with Crippen LogP contribution in [0.15, 0.2) is 0 Å². The molecule has 0 bridgehead atoms. The fraction of sp³-hybridized carbons (Fsp3) is 1.00. The Labute approximate surface area is 114 Å². The molecule has 0 spiro atoms. The van der Waals surface area contributed by atoms with Crippen molar-refractivity contribution in [3.05, 3.63) is 0 Å². The minimum Gasteiger partial charge on any atom is -0.316 e.